The standard InChI is InChI=1S/C12H14O5/c1-12(2,3)17-11(16)9-7(10(14)15)5-4-6-8(9)13/h4-6,13H,1-3H3,(H,14,15). The van der Waals surface area contributed by atoms with E-state index in [1.54, 1.807) is 20.8 Å². The van der Waals surface area contributed by atoms with Crippen molar-refractivity contribution in [3.63, 3.8) is 0 Å². The lowest BCUT2D eigenvalue weighted by Gasteiger charge is -2.20. The van der Waals surface area contributed by atoms with Gasteiger partial charge in [0.05, 0.1) is 5.56 Å². The molecular weight excluding hydrogens is 224 g/mol. The molecule has 0 aliphatic carbocycles. The van der Waals surface area contributed by atoms with Gasteiger partial charge in [-0.3, -0.25) is 0 Å². The predicted molar refractivity (Wildman–Crippen MR) is 60.2 cm³/mol. The van der Waals surface area contributed by atoms with Gasteiger partial charge in [-0.05, 0) is 32.9 Å². The first-order valence-electron chi connectivity index (χ1n) is 5.01. The number of phenols is 1. The summed E-state index contributed by atoms with van der Waals surface area (Å²) >= 11 is 0. The number of phenolic OH excluding ortho intramolecular Hbond substituents is 1. The molecule has 5 heteroatoms. The second-order valence-electron chi connectivity index (χ2n) is 4.51. The Bertz CT molecular complexity index is 456. The van der Waals surface area contributed by atoms with Crippen LogP contribution in [0.2, 0.25) is 0 Å². The van der Waals surface area contributed by atoms with E-state index < -0.39 is 23.3 Å². The molecule has 0 radical (unpaired) electrons. The Morgan fingerprint density at radius 2 is 1.82 bits per heavy atom. The molecule has 0 heterocycles. The van der Waals surface area contributed by atoms with Gasteiger partial charge in [-0.25, -0.2) is 9.59 Å². The number of aromatic carboxylic acids is 1. The molecule has 0 atom stereocenters. The summed E-state index contributed by atoms with van der Waals surface area (Å²) in [5.74, 6) is -2.55. The largest absolute Gasteiger partial charge is 0.507 e. The van der Waals surface area contributed by atoms with E-state index in [1.165, 1.54) is 18.2 Å². The average Bonchev–Trinajstić information content (AvgIpc) is 2.13. The molecule has 0 unspecified atom stereocenters. The predicted octanol–water partition coefficient (Wildman–Crippen LogP) is 2.05. The zero-order chi connectivity index (χ0) is 13.2. The first-order chi connectivity index (χ1) is 7.72. The molecule has 0 saturated carbocycles. The van der Waals surface area contributed by atoms with Crippen LogP contribution in [0.1, 0.15) is 41.5 Å². The molecule has 0 aliphatic heterocycles. The van der Waals surface area contributed by atoms with Gasteiger partial charge in [0, 0.05) is 0 Å². The van der Waals surface area contributed by atoms with Crippen molar-refractivity contribution in [3.05, 3.63) is 29.3 Å². The molecule has 1 aromatic rings. The van der Waals surface area contributed by atoms with Crippen LogP contribution in [-0.2, 0) is 4.74 Å². The van der Waals surface area contributed by atoms with E-state index in [2.05, 4.69) is 0 Å². The van der Waals surface area contributed by atoms with Crippen LogP contribution in [0.5, 0.6) is 5.75 Å². The van der Waals surface area contributed by atoms with Gasteiger partial charge < -0.3 is 14.9 Å². The minimum atomic E-state index is -1.29. The summed E-state index contributed by atoms with van der Waals surface area (Å²) in [6.45, 7) is 4.97. The van der Waals surface area contributed by atoms with Crippen molar-refractivity contribution in [3.8, 4) is 5.75 Å². The second-order valence-corrected chi connectivity index (χ2v) is 4.51. The molecule has 0 aromatic heterocycles. The minimum Gasteiger partial charge on any atom is -0.507 e. The van der Waals surface area contributed by atoms with E-state index in [4.69, 9.17) is 9.84 Å². The number of carbonyl (C=O) groups excluding carboxylic acids is 1. The molecule has 5 nitrogen and oxygen atoms in total. The van der Waals surface area contributed by atoms with Crippen molar-refractivity contribution in [2.45, 2.75) is 26.4 Å². The Morgan fingerprint density at radius 1 is 1.24 bits per heavy atom. The van der Waals surface area contributed by atoms with E-state index in [-0.39, 0.29) is 11.1 Å². The summed E-state index contributed by atoms with van der Waals surface area (Å²) < 4.78 is 5.03. The van der Waals surface area contributed by atoms with Gasteiger partial charge >= 0.3 is 11.9 Å². The molecule has 92 valence electrons. The number of hydrogen-bond donors (Lipinski definition) is 2. The van der Waals surface area contributed by atoms with Gasteiger partial charge in [0.2, 0.25) is 0 Å². The Kier molecular flexibility index (Phi) is 3.41. The molecule has 0 fully saturated rings. The van der Waals surface area contributed by atoms with E-state index in [0.29, 0.717) is 0 Å². The number of carbonyl (C=O) groups is 2. The van der Waals surface area contributed by atoms with Gasteiger partial charge in [0.25, 0.3) is 0 Å². The third-order valence-corrected chi connectivity index (χ3v) is 1.88. The van der Waals surface area contributed by atoms with E-state index >= 15 is 0 Å². The van der Waals surface area contributed by atoms with Gasteiger partial charge in [-0.15, -0.1) is 0 Å². The summed E-state index contributed by atoms with van der Waals surface area (Å²) in [6, 6.07) is 3.83. The van der Waals surface area contributed by atoms with Gasteiger partial charge in [0.15, 0.2) is 0 Å². The van der Waals surface area contributed by atoms with E-state index in [1.807, 2.05) is 0 Å². The topological polar surface area (TPSA) is 83.8 Å². The molecule has 0 spiro atoms. The Morgan fingerprint density at radius 3 is 2.29 bits per heavy atom. The highest BCUT2D eigenvalue weighted by Crippen LogP contribution is 2.24. The smallest absolute Gasteiger partial charge is 0.343 e. The first-order valence-corrected chi connectivity index (χ1v) is 5.01. The number of benzene rings is 1. The van der Waals surface area contributed by atoms with Crippen LogP contribution in [0.3, 0.4) is 0 Å². The van der Waals surface area contributed by atoms with Crippen LogP contribution in [0.25, 0.3) is 0 Å². The number of rotatable bonds is 2. The highest BCUT2D eigenvalue weighted by Gasteiger charge is 2.25. The van der Waals surface area contributed by atoms with Gasteiger partial charge in [-0.1, -0.05) is 6.07 Å². The molecule has 0 aliphatic rings. The van der Waals surface area contributed by atoms with Gasteiger partial charge in [-0.2, -0.15) is 0 Å². The van der Waals surface area contributed by atoms with Crippen molar-refractivity contribution in [1.29, 1.82) is 0 Å². The van der Waals surface area contributed by atoms with Crippen LogP contribution < -0.4 is 0 Å². The van der Waals surface area contributed by atoms with Crippen molar-refractivity contribution in [2.24, 2.45) is 0 Å². The van der Waals surface area contributed by atoms with Crippen LogP contribution >= 0.6 is 0 Å². The molecule has 17 heavy (non-hydrogen) atoms. The van der Waals surface area contributed by atoms with Crippen molar-refractivity contribution >= 4 is 11.9 Å². The summed E-state index contributed by atoms with van der Waals surface area (Å²) in [5, 5.41) is 18.5. The maximum atomic E-state index is 11.8. The number of aromatic hydroxyl groups is 1. The zero-order valence-electron chi connectivity index (χ0n) is 9.85. The fraction of sp³-hybridized carbons (Fsp3) is 0.333. The molecule has 0 amide bonds. The average molecular weight is 238 g/mol. The number of esters is 1. The van der Waals surface area contributed by atoms with Crippen molar-refractivity contribution in [1.82, 2.24) is 0 Å². The minimum absolute atomic E-state index is 0.278. The second kappa shape index (κ2) is 4.45. The highest BCUT2D eigenvalue weighted by atomic mass is 16.6. The Balaban J connectivity index is 3.21. The Labute approximate surface area is 98.6 Å². The molecule has 2 N–H and O–H groups in total. The fourth-order valence-electron chi connectivity index (χ4n) is 1.26. The molecule has 0 bridgehead atoms. The zero-order valence-corrected chi connectivity index (χ0v) is 9.85. The lowest BCUT2D eigenvalue weighted by molar-refractivity contribution is 0.00630. The maximum absolute atomic E-state index is 11.8. The summed E-state index contributed by atoms with van der Waals surface area (Å²) in [5.41, 5.74) is -1.36. The SMILES string of the molecule is CC(C)(C)OC(=O)c1c(O)cccc1C(=O)O. The Hall–Kier alpha value is -2.04. The number of hydrogen-bond acceptors (Lipinski definition) is 4. The van der Waals surface area contributed by atoms with E-state index in [0.717, 1.165) is 0 Å². The normalized spacial score (nSPS) is 11.0. The lowest BCUT2D eigenvalue weighted by Crippen LogP contribution is -2.25. The van der Waals surface area contributed by atoms with E-state index in [9.17, 15) is 14.7 Å². The molecule has 1 aromatic carbocycles. The third-order valence-electron chi connectivity index (χ3n) is 1.88. The molecule has 1 rings (SSSR count). The summed E-state index contributed by atoms with van der Waals surface area (Å²) in [7, 11) is 0. The molecular formula is C12H14O5. The summed E-state index contributed by atoms with van der Waals surface area (Å²) in [4.78, 5) is 22.7. The maximum Gasteiger partial charge on any atom is 0.343 e. The van der Waals surface area contributed by atoms with Gasteiger partial charge in [0.1, 0.15) is 16.9 Å². The van der Waals surface area contributed by atoms with Crippen LogP contribution in [-0.4, -0.2) is 27.8 Å². The summed E-state index contributed by atoms with van der Waals surface area (Å²) in [6.07, 6.45) is 0. The van der Waals surface area contributed by atoms with Crippen LogP contribution in [0, 0.1) is 0 Å². The van der Waals surface area contributed by atoms with Crippen LogP contribution in [0.4, 0.5) is 0 Å². The van der Waals surface area contributed by atoms with Crippen LogP contribution in [0.15, 0.2) is 18.2 Å². The third kappa shape index (κ3) is 3.21. The first kappa shape index (κ1) is 13.0. The fourth-order valence-corrected chi connectivity index (χ4v) is 1.26. The number of carboxylic acid groups (broad SMARTS) is 1. The lowest BCUT2D eigenvalue weighted by atomic mass is 10.1. The quantitative estimate of drug-likeness (QED) is 0.770. The van der Waals surface area contributed by atoms with Crippen molar-refractivity contribution in [2.75, 3.05) is 0 Å². The number of ether oxygens (including phenoxy) is 1. The monoisotopic (exact) mass is 238 g/mol. The molecule has 0 saturated heterocycles. The number of carboxylic acids is 1. The highest BCUT2D eigenvalue weighted by molar-refractivity contribution is 6.04. The van der Waals surface area contributed by atoms with Crippen molar-refractivity contribution < 1.29 is 24.5 Å².